The Bertz CT molecular complexity index is 1900. The van der Waals surface area contributed by atoms with Crippen LogP contribution < -0.4 is 15.0 Å². The molecular weight excluding hydrogens is 562 g/mol. The van der Waals surface area contributed by atoms with Gasteiger partial charge in [0.2, 0.25) is 0 Å². The molecule has 5 aliphatic rings. The Kier molecular flexibility index (Phi) is 5.67. The van der Waals surface area contributed by atoms with Crippen molar-refractivity contribution in [1.82, 2.24) is 25.2 Å². The van der Waals surface area contributed by atoms with Gasteiger partial charge in [-0.05, 0) is 74.6 Å². The minimum Gasteiger partial charge on any atom is -0.508 e. The van der Waals surface area contributed by atoms with Gasteiger partial charge in [0.15, 0.2) is 5.82 Å². The largest absolute Gasteiger partial charge is 0.508 e. The molecule has 0 spiro atoms. The normalized spacial score (nSPS) is 28.8. The Morgan fingerprint density at radius 2 is 2.00 bits per heavy atom. The number of piperazine rings is 1. The van der Waals surface area contributed by atoms with Gasteiger partial charge in [0.05, 0.1) is 16.5 Å². The molecule has 0 radical (unpaired) electrons. The predicted molar refractivity (Wildman–Crippen MR) is 163 cm³/mol. The maximum atomic E-state index is 16.8. The molecule has 10 heteroatoms. The van der Waals surface area contributed by atoms with Crippen LogP contribution in [-0.4, -0.2) is 74.9 Å². The van der Waals surface area contributed by atoms with Crippen LogP contribution in [0.3, 0.4) is 0 Å². The Hall–Kier alpha value is -4.07. The van der Waals surface area contributed by atoms with E-state index in [9.17, 15) is 9.50 Å². The van der Waals surface area contributed by atoms with Gasteiger partial charge in [-0.3, -0.25) is 9.88 Å². The van der Waals surface area contributed by atoms with Gasteiger partial charge in [0.25, 0.3) is 0 Å². The monoisotopic (exact) mass is 594 g/mol. The Morgan fingerprint density at radius 1 is 1.16 bits per heavy atom. The lowest BCUT2D eigenvalue weighted by Gasteiger charge is -2.35. The first-order valence-corrected chi connectivity index (χ1v) is 15.6. The molecule has 1 saturated carbocycles. The van der Waals surface area contributed by atoms with Gasteiger partial charge >= 0.3 is 6.01 Å². The van der Waals surface area contributed by atoms with E-state index in [2.05, 4.69) is 31.0 Å². The number of rotatable bonds is 5. The molecule has 0 unspecified atom stereocenters. The van der Waals surface area contributed by atoms with Gasteiger partial charge in [-0.25, -0.2) is 8.78 Å². The maximum Gasteiger partial charge on any atom is 0.319 e. The number of nitrogens with one attached hydrogen (secondary N) is 1. The highest BCUT2D eigenvalue weighted by atomic mass is 19.1. The zero-order valence-electron chi connectivity index (χ0n) is 24.2. The maximum absolute atomic E-state index is 16.8. The highest BCUT2D eigenvalue weighted by molar-refractivity contribution is 6.03. The van der Waals surface area contributed by atoms with Crippen molar-refractivity contribution in [2.45, 2.75) is 62.2 Å². The van der Waals surface area contributed by atoms with Crippen molar-refractivity contribution in [3.63, 3.8) is 0 Å². The smallest absolute Gasteiger partial charge is 0.319 e. The van der Waals surface area contributed by atoms with E-state index in [1.54, 1.807) is 6.20 Å². The first-order valence-electron chi connectivity index (χ1n) is 15.6. The molecule has 4 aliphatic heterocycles. The summed E-state index contributed by atoms with van der Waals surface area (Å²) in [6.45, 7) is 3.06. The highest BCUT2D eigenvalue weighted by Gasteiger charge is 2.61. The van der Waals surface area contributed by atoms with Crippen molar-refractivity contribution < 1.29 is 18.6 Å². The summed E-state index contributed by atoms with van der Waals surface area (Å²) >= 11 is 0. The second-order valence-corrected chi connectivity index (χ2v) is 13.3. The summed E-state index contributed by atoms with van der Waals surface area (Å²) in [4.78, 5) is 18.9. The van der Waals surface area contributed by atoms with Crippen molar-refractivity contribution in [1.29, 1.82) is 0 Å². The van der Waals surface area contributed by atoms with Gasteiger partial charge in [-0.1, -0.05) is 12.0 Å². The van der Waals surface area contributed by atoms with Crippen molar-refractivity contribution >= 4 is 27.5 Å². The lowest BCUT2D eigenvalue weighted by Crippen LogP contribution is -2.51. The summed E-state index contributed by atoms with van der Waals surface area (Å²) in [5, 5.41) is 15.4. The van der Waals surface area contributed by atoms with Crippen LogP contribution in [0, 0.1) is 29.9 Å². The molecule has 6 heterocycles. The van der Waals surface area contributed by atoms with Gasteiger partial charge in [0.1, 0.15) is 35.2 Å². The lowest BCUT2D eigenvalue weighted by molar-refractivity contribution is 0.0867. The quantitative estimate of drug-likeness (QED) is 0.320. The van der Waals surface area contributed by atoms with E-state index >= 15 is 4.39 Å². The van der Waals surface area contributed by atoms with Crippen molar-refractivity contribution in [3.8, 4) is 35.4 Å². The van der Waals surface area contributed by atoms with Crippen LogP contribution in [0.5, 0.6) is 11.8 Å². The molecule has 4 saturated heterocycles. The number of phenolic OH excluding ortho intramolecular Hbond substituents is 1. The van der Waals surface area contributed by atoms with Gasteiger partial charge in [0, 0.05) is 48.4 Å². The summed E-state index contributed by atoms with van der Waals surface area (Å²) in [6, 6.07) is 7.09. The van der Waals surface area contributed by atoms with E-state index in [1.165, 1.54) is 30.7 Å². The fourth-order valence-electron chi connectivity index (χ4n) is 8.67. The number of hydrogen-bond acceptors (Lipinski definition) is 8. The summed E-state index contributed by atoms with van der Waals surface area (Å²) in [5.41, 5.74) is 0.176. The fourth-order valence-corrected chi connectivity index (χ4v) is 8.67. The average Bonchev–Trinajstić information content (AvgIpc) is 3.33. The number of pyridine rings is 1. The van der Waals surface area contributed by atoms with Crippen LogP contribution in [-0.2, 0) is 0 Å². The van der Waals surface area contributed by atoms with Crippen LogP contribution in [0.2, 0.25) is 0 Å². The molecule has 5 fully saturated rings. The first kappa shape index (κ1) is 26.3. The molecule has 2 N–H and O–H groups in total. The Labute approximate surface area is 253 Å². The average molecular weight is 595 g/mol. The minimum absolute atomic E-state index is 0.00164. The van der Waals surface area contributed by atoms with E-state index in [0.29, 0.717) is 46.7 Å². The van der Waals surface area contributed by atoms with Crippen LogP contribution in [0.15, 0.2) is 30.5 Å². The summed E-state index contributed by atoms with van der Waals surface area (Å²) in [7, 11) is 0. The number of aromatic nitrogens is 3. The van der Waals surface area contributed by atoms with Gasteiger partial charge < -0.3 is 20.1 Å². The van der Waals surface area contributed by atoms with E-state index in [1.807, 2.05) is 0 Å². The van der Waals surface area contributed by atoms with Crippen LogP contribution in [0.4, 0.5) is 14.6 Å². The fraction of sp³-hybridized carbons (Fsp3) is 0.441. The number of halogens is 2. The van der Waals surface area contributed by atoms with E-state index in [4.69, 9.17) is 16.1 Å². The number of benzene rings is 2. The summed E-state index contributed by atoms with van der Waals surface area (Å²) in [5.74, 6) is 2.34. The SMILES string of the molecule is C#Cc1c(F)ccc2cc(O)cc(-c3ncc4c(N5C[C@H]6CC[C@@H](C5)N6)nc(OC[C@]56CCCN5[C@@H]5C[C@@H]5C6)nc4c3F)c12. The second kappa shape index (κ2) is 9.46. The summed E-state index contributed by atoms with van der Waals surface area (Å²) in [6.07, 6.45) is 14.1. The van der Waals surface area contributed by atoms with Gasteiger partial charge in [-0.2, -0.15) is 9.97 Å². The molecule has 44 heavy (non-hydrogen) atoms. The van der Waals surface area contributed by atoms with E-state index < -0.39 is 11.6 Å². The zero-order chi connectivity index (χ0) is 29.7. The predicted octanol–water partition coefficient (Wildman–Crippen LogP) is 4.76. The number of hydrogen-bond donors (Lipinski definition) is 2. The number of terminal acetylenes is 1. The van der Waals surface area contributed by atoms with Crippen LogP contribution in [0.1, 0.15) is 44.1 Å². The standard InChI is InChI=1S/C34H32F2N6O2/c1-2-23-26(35)7-4-18-10-22(43)12-24(28(18)23)30-29(36)31-25(14-37-30)32(41-15-20-5-6-21(16-41)38-20)40-33(39-31)44-17-34-8-3-9-42(34)27-11-19(27)13-34/h1,4,7,10,12,14,19-21,27,38,43H,3,5-6,8-9,11,13,15-17H2/t19-,20-,21+,27-,34-/m1/s1. The van der Waals surface area contributed by atoms with Gasteiger partial charge in [-0.15, -0.1) is 6.42 Å². The topological polar surface area (TPSA) is 86.6 Å². The Morgan fingerprint density at radius 3 is 2.82 bits per heavy atom. The molecule has 2 aromatic heterocycles. The van der Waals surface area contributed by atoms with Crippen LogP contribution >= 0.6 is 0 Å². The first-order chi connectivity index (χ1) is 21.4. The zero-order valence-corrected chi connectivity index (χ0v) is 24.2. The number of nitrogens with zero attached hydrogens (tertiary/aromatic N) is 5. The third-order valence-corrected chi connectivity index (χ3v) is 10.7. The molecule has 4 aromatic rings. The van der Waals surface area contributed by atoms with Crippen molar-refractivity contribution in [3.05, 3.63) is 47.7 Å². The third-order valence-electron chi connectivity index (χ3n) is 10.7. The summed E-state index contributed by atoms with van der Waals surface area (Å²) < 4.78 is 38.0. The third kappa shape index (κ3) is 3.92. The number of piperidine rings is 1. The molecule has 224 valence electrons. The Balaban J connectivity index is 1.19. The molecule has 9 rings (SSSR count). The minimum atomic E-state index is -0.698. The van der Waals surface area contributed by atoms with Crippen molar-refractivity contribution in [2.75, 3.05) is 31.1 Å². The second-order valence-electron chi connectivity index (χ2n) is 13.3. The molecule has 8 nitrogen and oxygen atoms in total. The number of anilines is 1. The highest BCUT2D eigenvalue weighted by Crippen LogP contribution is 2.56. The van der Waals surface area contributed by atoms with Crippen LogP contribution in [0.25, 0.3) is 32.9 Å². The molecule has 0 amide bonds. The molecular formula is C34H32F2N6O2. The van der Waals surface area contributed by atoms with Crippen molar-refractivity contribution in [2.24, 2.45) is 5.92 Å². The number of phenols is 1. The molecule has 2 bridgehead atoms. The molecule has 2 aromatic carbocycles. The number of aromatic hydroxyl groups is 1. The number of ether oxygens (including phenoxy) is 1. The van der Waals surface area contributed by atoms with E-state index in [0.717, 1.165) is 57.7 Å². The molecule has 5 atom stereocenters. The van der Waals surface area contributed by atoms with E-state index in [-0.39, 0.29) is 39.6 Å². The lowest BCUT2D eigenvalue weighted by atomic mass is 9.93. The molecule has 1 aliphatic carbocycles. The number of fused-ring (bicyclic) bond motifs is 7.